The Morgan fingerprint density at radius 3 is 2.64 bits per heavy atom. The number of imidazole rings is 1. The van der Waals surface area contributed by atoms with Crippen molar-refractivity contribution in [1.29, 1.82) is 5.26 Å². The first-order chi connectivity index (χ1) is 17.7. The largest absolute Gasteiger partial charge is 0.329 e. The summed E-state index contributed by atoms with van der Waals surface area (Å²) in [5.41, 5.74) is 5.09. The Hall–Kier alpha value is -4.84. The molecule has 0 radical (unpaired) electrons. The molecule has 9 heteroatoms. The van der Waals surface area contributed by atoms with Gasteiger partial charge in [-0.15, -0.1) is 10.2 Å². The first-order valence-corrected chi connectivity index (χ1v) is 11.7. The number of benzene rings is 2. The molecule has 2 aromatic carbocycles. The second-order valence-corrected chi connectivity index (χ2v) is 8.47. The SMILES string of the molecule is CCCC(c1ccccc1C#N)n1ccn(Cc2ccc(-c3ccncc3-c3nn[nH]n3)cc2)c1=O. The van der Waals surface area contributed by atoms with Crippen LogP contribution in [-0.2, 0) is 6.54 Å². The van der Waals surface area contributed by atoms with Crippen LogP contribution in [0.5, 0.6) is 0 Å². The van der Waals surface area contributed by atoms with E-state index in [0.29, 0.717) is 17.9 Å². The molecule has 0 aliphatic rings. The first kappa shape index (κ1) is 22.9. The van der Waals surface area contributed by atoms with Crippen molar-refractivity contribution < 1.29 is 0 Å². The van der Waals surface area contributed by atoms with E-state index in [4.69, 9.17) is 0 Å². The summed E-state index contributed by atoms with van der Waals surface area (Å²) < 4.78 is 3.44. The minimum Gasteiger partial charge on any atom is -0.295 e. The highest BCUT2D eigenvalue weighted by molar-refractivity contribution is 5.79. The number of tetrazole rings is 1. The van der Waals surface area contributed by atoms with E-state index < -0.39 is 0 Å². The van der Waals surface area contributed by atoms with E-state index in [1.807, 2.05) is 60.9 Å². The van der Waals surface area contributed by atoms with Crippen LogP contribution in [0.15, 0.2) is 84.2 Å². The maximum absolute atomic E-state index is 13.3. The van der Waals surface area contributed by atoms with Gasteiger partial charge in [-0.05, 0) is 46.0 Å². The van der Waals surface area contributed by atoms with Crippen molar-refractivity contribution in [2.45, 2.75) is 32.4 Å². The molecule has 3 heterocycles. The van der Waals surface area contributed by atoms with Crippen LogP contribution in [0.3, 0.4) is 0 Å². The highest BCUT2D eigenvalue weighted by Crippen LogP contribution is 2.29. The number of nitriles is 1. The van der Waals surface area contributed by atoms with Gasteiger partial charge in [-0.2, -0.15) is 10.5 Å². The number of nitrogens with one attached hydrogen (secondary N) is 1. The van der Waals surface area contributed by atoms with Crippen molar-refractivity contribution in [2.75, 3.05) is 0 Å². The van der Waals surface area contributed by atoms with Gasteiger partial charge in [0.2, 0.25) is 5.82 Å². The van der Waals surface area contributed by atoms with Gasteiger partial charge in [-0.1, -0.05) is 55.8 Å². The third-order valence-electron chi connectivity index (χ3n) is 6.24. The number of hydrogen-bond donors (Lipinski definition) is 1. The molecule has 0 aliphatic heterocycles. The van der Waals surface area contributed by atoms with Gasteiger partial charge in [0.1, 0.15) is 0 Å². The van der Waals surface area contributed by atoms with E-state index in [0.717, 1.165) is 40.7 Å². The van der Waals surface area contributed by atoms with Crippen molar-refractivity contribution in [1.82, 2.24) is 34.7 Å². The fourth-order valence-electron chi connectivity index (χ4n) is 4.48. The van der Waals surface area contributed by atoms with E-state index in [1.165, 1.54) is 0 Å². The van der Waals surface area contributed by atoms with E-state index in [9.17, 15) is 10.1 Å². The molecule has 3 aromatic heterocycles. The monoisotopic (exact) mass is 476 g/mol. The average Bonchev–Trinajstić information content (AvgIpc) is 3.59. The first-order valence-electron chi connectivity index (χ1n) is 11.7. The van der Waals surface area contributed by atoms with Crippen molar-refractivity contribution in [3.05, 3.63) is 107 Å². The number of pyridine rings is 1. The lowest BCUT2D eigenvalue weighted by atomic mass is 9.97. The number of hydrogen-bond acceptors (Lipinski definition) is 6. The Morgan fingerprint density at radius 1 is 1.06 bits per heavy atom. The van der Waals surface area contributed by atoms with Crippen LogP contribution < -0.4 is 5.69 Å². The summed E-state index contributed by atoms with van der Waals surface area (Å²) in [6.45, 7) is 2.53. The Bertz CT molecular complexity index is 1560. The van der Waals surface area contributed by atoms with Gasteiger partial charge in [0.25, 0.3) is 0 Å². The molecule has 1 unspecified atom stereocenters. The Morgan fingerprint density at radius 2 is 1.89 bits per heavy atom. The summed E-state index contributed by atoms with van der Waals surface area (Å²) in [5.74, 6) is 0.481. The summed E-state index contributed by atoms with van der Waals surface area (Å²) in [6.07, 6.45) is 8.74. The molecule has 5 rings (SSSR count). The fourth-order valence-corrected chi connectivity index (χ4v) is 4.48. The number of H-pyrrole nitrogens is 1. The number of aromatic amines is 1. The van der Waals surface area contributed by atoms with Gasteiger partial charge in [0.15, 0.2) is 0 Å². The molecule has 0 aliphatic carbocycles. The smallest absolute Gasteiger partial charge is 0.295 e. The standard InChI is InChI=1S/C27H24N8O/c1-2-5-25(23-7-4-3-6-21(23)16-28)35-15-14-34(27(35)36)18-19-8-10-20(11-9-19)22-12-13-29-17-24(22)26-30-32-33-31-26/h3-4,6-15,17,25H,2,5,18H2,1H3,(H,30,31,32,33). The van der Waals surface area contributed by atoms with E-state index >= 15 is 0 Å². The summed E-state index contributed by atoms with van der Waals surface area (Å²) in [7, 11) is 0. The lowest BCUT2D eigenvalue weighted by molar-refractivity contribution is 0.508. The summed E-state index contributed by atoms with van der Waals surface area (Å²) in [5, 5.41) is 23.8. The molecule has 36 heavy (non-hydrogen) atoms. The molecule has 0 saturated heterocycles. The molecule has 9 nitrogen and oxygen atoms in total. The maximum atomic E-state index is 13.3. The van der Waals surface area contributed by atoms with Gasteiger partial charge in [-0.3, -0.25) is 14.1 Å². The average molecular weight is 477 g/mol. The molecule has 0 amide bonds. The molecule has 0 bridgehead atoms. The van der Waals surface area contributed by atoms with Gasteiger partial charge < -0.3 is 0 Å². The zero-order valence-electron chi connectivity index (χ0n) is 19.7. The van der Waals surface area contributed by atoms with Crippen LogP contribution in [0, 0.1) is 11.3 Å². The third kappa shape index (κ3) is 4.44. The molecular formula is C27H24N8O. The topological polar surface area (TPSA) is 118 Å². The number of rotatable bonds is 8. The summed E-state index contributed by atoms with van der Waals surface area (Å²) in [6, 6.07) is 19.5. The second kappa shape index (κ2) is 10.2. The normalized spacial score (nSPS) is 11.8. The molecule has 178 valence electrons. The van der Waals surface area contributed by atoms with Crippen molar-refractivity contribution in [3.63, 3.8) is 0 Å². The Balaban J connectivity index is 1.41. The summed E-state index contributed by atoms with van der Waals surface area (Å²) >= 11 is 0. The molecule has 0 saturated carbocycles. The molecule has 0 fully saturated rings. The second-order valence-electron chi connectivity index (χ2n) is 8.47. The van der Waals surface area contributed by atoms with Gasteiger partial charge in [0, 0.05) is 30.4 Å². The molecule has 1 N–H and O–H groups in total. The van der Waals surface area contributed by atoms with Gasteiger partial charge in [0.05, 0.1) is 24.2 Å². The quantitative estimate of drug-likeness (QED) is 0.359. The van der Waals surface area contributed by atoms with Crippen LogP contribution in [0.4, 0.5) is 0 Å². The predicted molar refractivity (Wildman–Crippen MR) is 135 cm³/mol. The Labute approximate surface area is 207 Å². The highest BCUT2D eigenvalue weighted by Gasteiger charge is 2.19. The molecule has 0 spiro atoms. The van der Waals surface area contributed by atoms with Crippen LogP contribution >= 0.6 is 0 Å². The number of aromatic nitrogens is 7. The van der Waals surface area contributed by atoms with Crippen molar-refractivity contribution in [3.8, 4) is 28.6 Å². The van der Waals surface area contributed by atoms with Gasteiger partial charge in [-0.25, -0.2) is 4.79 Å². The van der Waals surface area contributed by atoms with Crippen molar-refractivity contribution in [2.24, 2.45) is 0 Å². The van der Waals surface area contributed by atoms with E-state index in [1.54, 1.807) is 27.6 Å². The van der Waals surface area contributed by atoms with Crippen molar-refractivity contribution >= 4 is 0 Å². The predicted octanol–water partition coefficient (Wildman–Crippen LogP) is 4.20. The van der Waals surface area contributed by atoms with Crippen LogP contribution in [-0.4, -0.2) is 34.7 Å². The number of nitrogens with zero attached hydrogens (tertiary/aromatic N) is 7. The molecule has 1 atom stereocenters. The minimum atomic E-state index is -0.183. The van der Waals surface area contributed by atoms with Crippen LogP contribution in [0.2, 0.25) is 0 Å². The summed E-state index contributed by atoms with van der Waals surface area (Å²) in [4.78, 5) is 17.5. The molecular weight excluding hydrogens is 452 g/mol. The van der Waals surface area contributed by atoms with Crippen LogP contribution in [0.25, 0.3) is 22.5 Å². The third-order valence-corrected chi connectivity index (χ3v) is 6.24. The highest BCUT2D eigenvalue weighted by atomic mass is 16.1. The van der Waals surface area contributed by atoms with Crippen LogP contribution in [0.1, 0.15) is 42.5 Å². The van der Waals surface area contributed by atoms with E-state index in [-0.39, 0.29) is 11.7 Å². The Kier molecular flexibility index (Phi) is 6.49. The minimum absolute atomic E-state index is 0.0983. The zero-order chi connectivity index (χ0) is 24.9. The lowest BCUT2D eigenvalue weighted by Gasteiger charge is -2.19. The lowest BCUT2D eigenvalue weighted by Crippen LogP contribution is -2.28. The maximum Gasteiger partial charge on any atom is 0.329 e. The van der Waals surface area contributed by atoms with Gasteiger partial charge >= 0.3 is 5.69 Å². The molecule has 5 aromatic rings. The van der Waals surface area contributed by atoms with E-state index in [2.05, 4.69) is 38.6 Å². The zero-order valence-corrected chi connectivity index (χ0v) is 19.7. The fraction of sp³-hybridized carbons (Fsp3) is 0.185.